The summed E-state index contributed by atoms with van der Waals surface area (Å²) in [6.07, 6.45) is 3.86. The van der Waals surface area contributed by atoms with E-state index in [4.69, 9.17) is 9.47 Å². The summed E-state index contributed by atoms with van der Waals surface area (Å²) in [5.41, 5.74) is 2.09. The fourth-order valence-corrected chi connectivity index (χ4v) is 4.46. The molecule has 0 saturated heterocycles. The average Bonchev–Trinajstić information content (AvgIpc) is 3.13. The summed E-state index contributed by atoms with van der Waals surface area (Å²) in [5, 5.41) is 0. The maximum atomic E-state index is 12.6. The maximum absolute atomic E-state index is 12.6. The van der Waals surface area contributed by atoms with Gasteiger partial charge in [-0.1, -0.05) is 18.2 Å². The third kappa shape index (κ3) is 2.94. The highest BCUT2D eigenvalue weighted by Gasteiger charge is 2.59. The summed E-state index contributed by atoms with van der Waals surface area (Å²) < 4.78 is 11.1. The van der Waals surface area contributed by atoms with E-state index in [9.17, 15) is 9.59 Å². The fraction of sp³-hybridized carbons (Fsp3) is 0.600. The lowest BCUT2D eigenvalue weighted by Crippen LogP contribution is -2.49. The van der Waals surface area contributed by atoms with Gasteiger partial charge in [0.25, 0.3) is 0 Å². The Labute approximate surface area is 143 Å². The summed E-state index contributed by atoms with van der Waals surface area (Å²) in [6, 6.07) is 5.97. The van der Waals surface area contributed by atoms with Crippen LogP contribution in [0.3, 0.4) is 0 Å². The molecule has 1 aromatic carbocycles. The summed E-state index contributed by atoms with van der Waals surface area (Å²) >= 11 is 0. The van der Waals surface area contributed by atoms with Crippen molar-refractivity contribution in [3.63, 3.8) is 0 Å². The number of benzene rings is 1. The third-order valence-corrected chi connectivity index (χ3v) is 5.68. The van der Waals surface area contributed by atoms with Gasteiger partial charge in [-0.2, -0.15) is 0 Å². The number of hydrogen-bond donors (Lipinski definition) is 0. The van der Waals surface area contributed by atoms with Gasteiger partial charge in [0, 0.05) is 12.3 Å². The number of hydrogen-bond acceptors (Lipinski definition) is 4. The zero-order valence-corrected chi connectivity index (χ0v) is 14.8. The average molecular weight is 330 g/mol. The molecule has 1 aromatic rings. The molecule has 3 atom stereocenters. The largest absolute Gasteiger partial charge is 0.463 e. The molecule has 2 bridgehead atoms. The molecule has 2 aliphatic carbocycles. The first-order chi connectivity index (χ1) is 11.5. The Morgan fingerprint density at radius 1 is 1.21 bits per heavy atom. The van der Waals surface area contributed by atoms with Crippen molar-refractivity contribution in [2.24, 2.45) is 11.8 Å². The van der Waals surface area contributed by atoms with Gasteiger partial charge in [-0.3, -0.25) is 4.79 Å². The predicted octanol–water partition coefficient (Wildman–Crippen LogP) is 3.51. The van der Waals surface area contributed by atoms with Crippen molar-refractivity contribution >= 4 is 11.9 Å². The highest BCUT2D eigenvalue weighted by atomic mass is 16.6. The van der Waals surface area contributed by atoms with Crippen LogP contribution in [0.15, 0.2) is 18.2 Å². The SMILES string of the molecule is CCOC(=O)C1(OC(=O)Cc2c(C)cccc2C)CC2CCC1C2. The van der Waals surface area contributed by atoms with Gasteiger partial charge in [0.15, 0.2) is 0 Å². The van der Waals surface area contributed by atoms with Gasteiger partial charge in [0.05, 0.1) is 13.0 Å². The van der Waals surface area contributed by atoms with E-state index in [2.05, 4.69) is 0 Å². The highest BCUT2D eigenvalue weighted by molar-refractivity contribution is 5.85. The molecule has 2 saturated carbocycles. The van der Waals surface area contributed by atoms with Gasteiger partial charge in [0.1, 0.15) is 0 Å². The molecule has 0 heterocycles. The van der Waals surface area contributed by atoms with Crippen LogP contribution in [0.4, 0.5) is 0 Å². The van der Waals surface area contributed by atoms with Gasteiger partial charge < -0.3 is 9.47 Å². The lowest BCUT2D eigenvalue weighted by molar-refractivity contribution is -0.189. The normalized spacial score (nSPS) is 28.0. The minimum absolute atomic E-state index is 0.114. The zero-order valence-electron chi connectivity index (χ0n) is 14.8. The molecule has 4 heteroatoms. The Morgan fingerprint density at radius 2 is 1.92 bits per heavy atom. The molecule has 0 spiro atoms. The number of ether oxygens (including phenoxy) is 2. The summed E-state index contributed by atoms with van der Waals surface area (Å²) in [7, 11) is 0. The van der Waals surface area contributed by atoms with Crippen LogP contribution < -0.4 is 0 Å². The van der Waals surface area contributed by atoms with Gasteiger partial charge in [-0.05, 0) is 62.6 Å². The molecule has 130 valence electrons. The van der Waals surface area contributed by atoms with Crippen LogP contribution in [0.25, 0.3) is 0 Å². The monoisotopic (exact) mass is 330 g/mol. The number of fused-ring (bicyclic) bond motifs is 2. The molecular formula is C20H26O4. The van der Waals surface area contributed by atoms with E-state index >= 15 is 0 Å². The molecule has 0 amide bonds. The topological polar surface area (TPSA) is 52.6 Å². The van der Waals surface area contributed by atoms with Gasteiger partial charge in [-0.25, -0.2) is 4.79 Å². The molecule has 24 heavy (non-hydrogen) atoms. The minimum atomic E-state index is -1.05. The van der Waals surface area contributed by atoms with Crippen molar-refractivity contribution < 1.29 is 19.1 Å². The molecule has 0 aromatic heterocycles. The minimum Gasteiger partial charge on any atom is -0.463 e. The van der Waals surface area contributed by atoms with E-state index in [0.29, 0.717) is 18.9 Å². The van der Waals surface area contributed by atoms with Gasteiger partial charge >= 0.3 is 11.9 Å². The van der Waals surface area contributed by atoms with Crippen LogP contribution in [0, 0.1) is 25.7 Å². The van der Waals surface area contributed by atoms with E-state index in [1.165, 1.54) is 0 Å². The molecular weight excluding hydrogens is 304 g/mol. The first-order valence-electron chi connectivity index (χ1n) is 8.90. The summed E-state index contributed by atoms with van der Waals surface area (Å²) in [4.78, 5) is 25.2. The lowest BCUT2D eigenvalue weighted by Gasteiger charge is -2.34. The molecule has 2 aliphatic rings. The van der Waals surface area contributed by atoms with Crippen molar-refractivity contribution in [2.75, 3.05) is 6.61 Å². The van der Waals surface area contributed by atoms with Crippen LogP contribution in [-0.2, 0) is 25.5 Å². The van der Waals surface area contributed by atoms with E-state index in [-0.39, 0.29) is 24.3 Å². The molecule has 4 nitrogen and oxygen atoms in total. The summed E-state index contributed by atoms with van der Waals surface area (Å²) in [5.74, 6) is -0.0871. The number of carbonyl (C=O) groups excluding carboxylic acids is 2. The first kappa shape index (κ1) is 17.0. The standard InChI is InChI=1S/C20H26O4/c1-4-23-19(22)20(12-15-8-9-16(20)10-15)24-18(21)11-17-13(2)6-5-7-14(17)3/h5-7,15-16H,4,8-12H2,1-3H3. The Kier molecular flexibility index (Phi) is 4.66. The second-order valence-electron chi connectivity index (χ2n) is 7.21. The smallest absolute Gasteiger partial charge is 0.350 e. The molecule has 3 unspecified atom stereocenters. The molecule has 0 aliphatic heterocycles. The van der Waals surface area contributed by atoms with Crippen LogP contribution >= 0.6 is 0 Å². The quantitative estimate of drug-likeness (QED) is 0.775. The Bertz CT molecular complexity index is 631. The third-order valence-electron chi connectivity index (χ3n) is 5.68. The van der Waals surface area contributed by atoms with E-state index in [1.54, 1.807) is 6.92 Å². The second-order valence-corrected chi connectivity index (χ2v) is 7.21. The molecule has 3 rings (SSSR count). The molecule has 2 fully saturated rings. The fourth-order valence-electron chi connectivity index (χ4n) is 4.46. The number of rotatable bonds is 5. The summed E-state index contributed by atoms with van der Waals surface area (Å²) in [6.45, 7) is 6.09. The van der Waals surface area contributed by atoms with Crippen molar-refractivity contribution in [2.45, 2.75) is 58.5 Å². The van der Waals surface area contributed by atoms with E-state index < -0.39 is 5.60 Å². The second kappa shape index (κ2) is 6.58. The predicted molar refractivity (Wildman–Crippen MR) is 90.5 cm³/mol. The number of carbonyl (C=O) groups is 2. The van der Waals surface area contributed by atoms with E-state index in [0.717, 1.165) is 36.0 Å². The first-order valence-corrected chi connectivity index (χ1v) is 8.90. The lowest BCUT2D eigenvalue weighted by atomic mass is 9.84. The molecule has 0 radical (unpaired) electrons. The van der Waals surface area contributed by atoms with Crippen molar-refractivity contribution in [1.29, 1.82) is 0 Å². The molecule has 0 N–H and O–H groups in total. The van der Waals surface area contributed by atoms with Crippen LogP contribution in [0.5, 0.6) is 0 Å². The van der Waals surface area contributed by atoms with Gasteiger partial charge in [0.2, 0.25) is 5.60 Å². The van der Waals surface area contributed by atoms with Crippen molar-refractivity contribution in [3.8, 4) is 0 Å². The van der Waals surface area contributed by atoms with Crippen LogP contribution in [0.1, 0.15) is 49.3 Å². The van der Waals surface area contributed by atoms with E-state index in [1.807, 2.05) is 32.0 Å². The Hall–Kier alpha value is -1.84. The highest BCUT2D eigenvalue weighted by Crippen LogP contribution is 2.53. The number of esters is 2. The Balaban J connectivity index is 1.78. The van der Waals surface area contributed by atoms with Crippen LogP contribution in [-0.4, -0.2) is 24.1 Å². The maximum Gasteiger partial charge on any atom is 0.350 e. The zero-order chi connectivity index (χ0) is 17.3. The number of aryl methyl sites for hydroxylation is 2. The van der Waals surface area contributed by atoms with Crippen molar-refractivity contribution in [1.82, 2.24) is 0 Å². The van der Waals surface area contributed by atoms with Crippen molar-refractivity contribution in [3.05, 3.63) is 34.9 Å². The van der Waals surface area contributed by atoms with Crippen LogP contribution in [0.2, 0.25) is 0 Å². The van der Waals surface area contributed by atoms with Gasteiger partial charge in [-0.15, -0.1) is 0 Å². The Morgan fingerprint density at radius 3 is 2.46 bits per heavy atom.